The normalized spacial score (nSPS) is 12.0. The number of guanidine groups is 1. The van der Waals surface area contributed by atoms with Crippen LogP contribution in [0, 0.1) is 18.4 Å². The molecule has 0 aliphatic heterocycles. The topological polar surface area (TPSA) is 86.2 Å². The molecule has 3 aromatic rings. The standard InChI is InChI=1S/C23H28Cl2N8/c1-13(2)18-8-16(28-22-21(18)15(5)30-32(22)7)11-31(6)23(27-12-26)33(14(3)4)17-9-19(24)29-20(25)10-17/h8-10,13-14H,11H2,1-7H3/b27-23+. The van der Waals surface area contributed by atoms with Crippen LogP contribution in [0.3, 0.4) is 0 Å². The molecule has 10 heteroatoms. The molecule has 0 saturated carbocycles. The molecule has 0 radical (unpaired) electrons. The van der Waals surface area contributed by atoms with Gasteiger partial charge in [-0.2, -0.15) is 10.4 Å². The third kappa shape index (κ3) is 5.21. The van der Waals surface area contributed by atoms with Gasteiger partial charge in [-0.1, -0.05) is 37.0 Å². The van der Waals surface area contributed by atoms with E-state index in [1.54, 1.807) is 12.1 Å². The van der Waals surface area contributed by atoms with Crippen LogP contribution >= 0.6 is 23.2 Å². The highest BCUT2D eigenvalue weighted by molar-refractivity contribution is 6.33. The molecule has 0 aromatic carbocycles. The molecule has 3 heterocycles. The van der Waals surface area contributed by atoms with Crippen molar-refractivity contribution >= 4 is 45.9 Å². The van der Waals surface area contributed by atoms with Gasteiger partial charge in [-0.05, 0) is 50.5 Å². The summed E-state index contributed by atoms with van der Waals surface area (Å²) in [5.41, 5.74) is 4.56. The lowest BCUT2D eigenvalue weighted by Gasteiger charge is -2.34. The Morgan fingerprint density at radius 2 is 1.79 bits per heavy atom. The van der Waals surface area contributed by atoms with Gasteiger partial charge in [-0.15, -0.1) is 4.99 Å². The second-order valence-corrected chi connectivity index (χ2v) is 9.34. The molecule has 0 N–H and O–H groups in total. The zero-order valence-corrected chi connectivity index (χ0v) is 21.4. The number of nitriles is 1. The van der Waals surface area contributed by atoms with Gasteiger partial charge in [0, 0.05) is 25.5 Å². The van der Waals surface area contributed by atoms with E-state index in [2.05, 4.69) is 35.0 Å². The van der Waals surface area contributed by atoms with Crippen LogP contribution in [-0.2, 0) is 13.6 Å². The Kier molecular flexibility index (Phi) is 7.45. The Bertz CT molecular complexity index is 1220. The van der Waals surface area contributed by atoms with Gasteiger partial charge in [0.25, 0.3) is 0 Å². The molecule has 33 heavy (non-hydrogen) atoms. The number of nitrogens with zero attached hydrogens (tertiary/aromatic N) is 8. The molecule has 0 saturated heterocycles. The van der Waals surface area contributed by atoms with Crippen molar-refractivity contribution in [3.05, 3.63) is 45.5 Å². The monoisotopic (exact) mass is 486 g/mol. The minimum absolute atomic E-state index is 0.0320. The highest BCUT2D eigenvalue weighted by Gasteiger charge is 2.24. The fourth-order valence-corrected chi connectivity index (χ4v) is 4.43. The zero-order valence-electron chi connectivity index (χ0n) is 19.9. The van der Waals surface area contributed by atoms with Gasteiger partial charge in [0.2, 0.25) is 12.2 Å². The number of hydrogen-bond donors (Lipinski definition) is 0. The molecule has 0 bridgehead atoms. The molecule has 0 atom stereocenters. The average molecular weight is 487 g/mol. The summed E-state index contributed by atoms with van der Waals surface area (Å²) in [5, 5.41) is 15.6. The number of rotatable bonds is 5. The molecular formula is C23H28Cl2N8. The second kappa shape index (κ2) is 9.94. The maximum absolute atomic E-state index is 9.45. The average Bonchev–Trinajstić information content (AvgIpc) is 2.99. The van der Waals surface area contributed by atoms with Gasteiger partial charge >= 0.3 is 0 Å². The van der Waals surface area contributed by atoms with Gasteiger partial charge in [0.1, 0.15) is 10.3 Å². The van der Waals surface area contributed by atoms with E-state index in [0.717, 1.165) is 22.4 Å². The minimum atomic E-state index is -0.0320. The van der Waals surface area contributed by atoms with Crippen LogP contribution in [0.5, 0.6) is 0 Å². The number of anilines is 1. The summed E-state index contributed by atoms with van der Waals surface area (Å²) in [6.45, 7) is 10.8. The third-order valence-corrected chi connectivity index (χ3v) is 5.71. The molecule has 3 aromatic heterocycles. The van der Waals surface area contributed by atoms with Crippen molar-refractivity contribution in [2.24, 2.45) is 12.0 Å². The molecule has 0 unspecified atom stereocenters. The fraction of sp³-hybridized carbons (Fsp3) is 0.435. The highest BCUT2D eigenvalue weighted by Crippen LogP contribution is 2.29. The van der Waals surface area contributed by atoms with Crippen molar-refractivity contribution in [1.29, 1.82) is 5.26 Å². The van der Waals surface area contributed by atoms with Crippen molar-refractivity contribution in [3.8, 4) is 6.19 Å². The third-order valence-electron chi connectivity index (χ3n) is 5.32. The van der Waals surface area contributed by atoms with Crippen LogP contribution < -0.4 is 4.90 Å². The Hall–Kier alpha value is -2.89. The molecule has 3 rings (SSSR count). The number of aryl methyl sites for hydroxylation is 2. The number of hydrogen-bond acceptors (Lipinski definition) is 5. The Labute approximate surface area is 204 Å². The molecule has 0 fully saturated rings. The van der Waals surface area contributed by atoms with Crippen molar-refractivity contribution in [2.75, 3.05) is 11.9 Å². The molecular weight excluding hydrogens is 459 g/mol. The van der Waals surface area contributed by atoms with E-state index < -0.39 is 0 Å². The minimum Gasteiger partial charge on any atom is -0.339 e. The molecule has 0 amide bonds. The molecule has 0 aliphatic rings. The van der Waals surface area contributed by atoms with E-state index in [4.69, 9.17) is 28.2 Å². The fourth-order valence-electron chi connectivity index (χ4n) is 3.99. The SMILES string of the molecule is Cc1nn(C)c2nc(CN(C)/C(=N\C#N)N(c3cc(Cl)nc(Cl)c3)C(C)C)cc(C(C)C)c12. The Balaban J connectivity index is 2.05. The van der Waals surface area contributed by atoms with E-state index >= 15 is 0 Å². The summed E-state index contributed by atoms with van der Waals surface area (Å²) in [4.78, 5) is 16.8. The number of halogens is 2. The zero-order chi connectivity index (χ0) is 24.4. The quantitative estimate of drug-likeness (QED) is 0.211. The van der Waals surface area contributed by atoms with E-state index in [9.17, 15) is 5.26 Å². The second-order valence-electron chi connectivity index (χ2n) is 8.57. The first-order valence-corrected chi connectivity index (χ1v) is 11.4. The van der Waals surface area contributed by atoms with Crippen molar-refractivity contribution in [3.63, 3.8) is 0 Å². The van der Waals surface area contributed by atoms with Gasteiger partial charge < -0.3 is 9.80 Å². The molecule has 0 spiro atoms. The lowest BCUT2D eigenvalue weighted by molar-refractivity contribution is 0.476. The molecule has 174 valence electrons. The molecule has 8 nitrogen and oxygen atoms in total. The lowest BCUT2D eigenvalue weighted by atomic mass is 9.99. The number of aliphatic imine (C=N–C) groups is 1. The van der Waals surface area contributed by atoms with Gasteiger partial charge in [0.05, 0.1) is 23.6 Å². The maximum Gasteiger partial charge on any atom is 0.217 e. The highest BCUT2D eigenvalue weighted by atomic mass is 35.5. The number of fused-ring (bicyclic) bond motifs is 1. The van der Waals surface area contributed by atoms with E-state index in [0.29, 0.717) is 24.1 Å². The van der Waals surface area contributed by atoms with Crippen LogP contribution in [-0.4, -0.2) is 43.7 Å². The number of aromatic nitrogens is 4. The largest absolute Gasteiger partial charge is 0.339 e. The van der Waals surface area contributed by atoms with E-state index in [1.807, 2.05) is 55.5 Å². The van der Waals surface area contributed by atoms with Gasteiger partial charge in [-0.3, -0.25) is 4.68 Å². The van der Waals surface area contributed by atoms with Crippen LogP contribution in [0.4, 0.5) is 5.69 Å². The van der Waals surface area contributed by atoms with Crippen LogP contribution in [0.2, 0.25) is 10.3 Å². The van der Waals surface area contributed by atoms with Crippen LogP contribution in [0.15, 0.2) is 23.2 Å². The first-order valence-electron chi connectivity index (χ1n) is 10.7. The summed E-state index contributed by atoms with van der Waals surface area (Å²) >= 11 is 12.3. The predicted molar refractivity (Wildman–Crippen MR) is 134 cm³/mol. The Morgan fingerprint density at radius 1 is 1.15 bits per heavy atom. The van der Waals surface area contributed by atoms with E-state index in [1.165, 1.54) is 5.56 Å². The summed E-state index contributed by atoms with van der Waals surface area (Å²) in [6.07, 6.45) is 1.93. The van der Waals surface area contributed by atoms with Crippen molar-refractivity contribution in [1.82, 2.24) is 24.6 Å². The van der Waals surface area contributed by atoms with Gasteiger partial charge in [-0.25, -0.2) is 9.97 Å². The van der Waals surface area contributed by atoms with Crippen LogP contribution in [0.25, 0.3) is 11.0 Å². The summed E-state index contributed by atoms with van der Waals surface area (Å²) in [5.74, 6) is 0.767. The number of pyridine rings is 2. The van der Waals surface area contributed by atoms with Crippen molar-refractivity contribution < 1.29 is 0 Å². The Morgan fingerprint density at radius 3 is 2.33 bits per heavy atom. The smallest absolute Gasteiger partial charge is 0.217 e. The maximum atomic E-state index is 9.45. The first-order chi connectivity index (χ1) is 15.5. The summed E-state index contributed by atoms with van der Waals surface area (Å²) < 4.78 is 1.81. The van der Waals surface area contributed by atoms with E-state index in [-0.39, 0.29) is 16.3 Å². The van der Waals surface area contributed by atoms with Crippen molar-refractivity contribution in [2.45, 2.75) is 53.1 Å². The predicted octanol–water partition coefficient (Wildman–Crippen LogP) is 5.29. The summed E-state index contributed by atoms with van der Waals surface area (Å²) in [6, 6.07) is 5.49. The first kappa shape index (κ1) is 24.7. The summed E-state index contributed by atoms with van der Waals surface area (Å²) in [7, 11) is 3.78. The van der Waals surface area contributed by atoms with Crippen LogP contribution in [0.1, 0.15) is 50.6 Å². The lowest BCUT2D eigenvalue weighted by Crippen LogP contribution is -2.46. The van der Waals surface area contributed by atoms with Gasteiger partial charge in [0.15, 0.2) is 5.65 Å². The molecule has 0 aliphatic carbocycles.